The molecule has 0 unspecified atom stereocenters. The van der Waals surface area contributed by atoms with Gasteiger partial charge < -0.3 is 10.2 Å². The number of nitrogens with one attached hydrogen (secondary N) is 1. The fourth-order valence-electron chi connectivity index (χ4n) is 2.83. The van der Waals surface area contributed by atoms with Crippen molar-refractivity contribution in [3.05, 3.63) is 53.6 Å². The predicted molar refractivity (Wildman–Crippen MR) is 91.6 cm³/mol. The van der Waals surface area contributed by atoms with Gasteiger partial charge in [-0.2, -0.15) is 0 Å². The summed E-state index contributed by atoms with van der Waals surface area (Å²) in [5.74, 6) is 0. The SMILES string of the molecule is Cc1cc(C)cc(Sc2ccccc2N2CCNCC2)c1. The summed E-state index contributed by atoms with van der Waals surface area (Å²) in [6.07, 6.45) is 0. The Bertz CT molecular complexity index is 598. The van der Waals surface area contributed by atoms with E-state index in [1.54, 1.807) is 0 Å². The Morgan fingerprint density at radius 3 is 2.33 bits per heavy atom. The van der Waals surface area contributed by atoms with Crippen LogP contribution in [0, 0.1) is 13.8 Å². The number of para-hydroxylation sites is 1. The highest BCUT2D eigenvalue weighted by Crippen LogP contribution is 2.36. The third-order valence-electron chi connectivity index (χ3n) is 3.75. The average Bonchev–Trinajstić information content (AvgIpc) is 2.48. The summed E-state index contributed by atoms with van der Waals surface area (Å²) >= 11 is 1.87. The highest BCUT2D eigenvalue weighted by Gasteiger charge is 2.14. The molecule has 3 heteroatoms. The first-order chi connectivity index (χ1) is 10.2. The maximum Gasteiger partial charge on any atom is 0.0508 e. The zero-order valence-electron chi connectivity index (χ0n) is 12.7. The van der Waals surface area contributed by atoms with Crippen molar-refractivity contribution in [1.29, 1.82) is 0 Å². The van der Waals surface area contributed by atoms with Crippen molar-refractivity contribution in [1.82, 2.24) is 5.32 Å². The molecular weight excluding hydrogens is 276 g/mol. The minimum Gasteiger partial charge on any atom is -0.368 e. The van der Waals surface area contributed by atoms with Gasteiger partial charge in [-0.15, -0.1) is 0 Å². The Kier molecular flexibility index (Phi) is 4.51. The van der Waals surface area contributed by atoms with Gasteiger partial charge in [0.1, 0.15) is 0 Å². The summed E-state index contributed by atoms with van der Waals surface area (Å²) < 4.78 is 0. The first-order valence-electron chi connectivity index (χ1n) is 7.53. The number of anilines is 1. The van der Waals surface area contributed by atoms with Gasteiger partial charge in [-0.1, -0.05) is 30.0 Å². The van der Waals surface area contributed by atoms with Crippen LogP contribution in [0.3, 0.4) is 0 Å². The van der Waals surface area contributed by atoms with Gasteiger partial charge >= 0.3 is 0 Å². The lowest BCUT2D eigenvalue weighted by Gasteiger charge is -2.31. The normalized spacial score (nSPS) is 15.2. The summed E-state index contributed by atoms with van der Waals surface area (Å²) in [5, 5.41) is 3.42. The Morgan fingerprint density at radius 1 is 0.952 bits per heavy atom. The third-order valence-corrected chi connectivity index (χ3v) is 4.78. The van der Waals surface area contributed by atoms with E-state index in [0.717, 1.165) is 26.2 Å². The summed E-state index contributed by atoms with van der Waals surface area (Å²) in [4.78, 5) is 5.17. The largest absolute Gasteiger partial charge is 0.368 e. The van der Waals surface area contributed by atoms with E-state index in [1.165, 1.54) is 26.6 Å². The molecule has 0 atom stereocenters. The Labute approximate surface area is 131 Å². The lowest BCUT2D eigenvalue weighted by atomic mass is 10.2. The molecule has 2 aromatic rings. The molecule has 3 rings (SSSR count). The van der Waals surface area contributed by atoms with Gasteiger partial charge in [-0.05, 0) is 49.2 Å². The molecule has 1 N–H and O–H groups in total. The molecule has 0 aliphatic carbocycles. The van der Waals surface area contributed by atoms with Gasteiger partial charge in [-0.3, -0.25) is 0 Å². The predicted octanol–water partition coefficient (Wildman–Crippen LogP) is 3.86. The van der Waals surface area contributed by atoms with Crippen LogP contribution < -0.4 is 10.2 Å². The maximum atomic E-state index is 3.42. The number of piperazine rings is 1. The van der Waals surface area contributed by atoms with Gasteiger partial charge in [0.2, 0.25) is 0 Å². The average molecular weight is 298 g/mol. The van der Waals surface area contributed by atoms with Crippen LogP contribution in [-0.2, 0) is 0 Å². The molecule has 0 aromatic heterocycles. The van der Waals surface area contributed by atoms with E-state index in [1.807, 2.05) is 11.8 Å². The molecule has 1 aliphatic heterocycles. The smallest absolute Gasteiger partial charge is 0.0508 e. The summed E-state index contributed by atoms with van der Waals surface area (Å²) in [7, 11) is 0. The molecule has 1 saturated heterocycles. The molecule has 0 saturated carbocycles. The quantitative estimate of drug-likeness (QED) is 0.926. The molecular formula is C18H22N2S. The molecule has 1 fully saturated rings. The van der Waals surface area contributed by atoms with Crippen LogP contribution in [0.4, 0.5) is 5.69 Å². The summed E-state index contributed by atoms with van der Waals surface area (Å²) in [6, 6.07) is 15.5. The van der Waals surface area contributed by atoms with Crippen molar-refractivity contribution < 1.29 is 0 Å². The minimum absolute atomic E-state index is 1.07. The van der Waals surface area contributed by atoms with Gasteiger partial charge in [0.05, 0.1) is 5.69 Å². The fourth-order valence-corrected chi connectivity index (χ4v) is 4.02. The summed E-state index contributed by atoms with van der Waals surface area (Å²) in [5.41, 5.74) is 4.03. The van der Waals surface area contributed by atoms with Crippen molar-refractivity contribution in [2.75, 3.05) is 31.1 Å². The van der Waals surface area contributed by atoms with Crippen molar-refractivity contribution in [2.45, 2.75) is 23.6 Å². The first-order valence-corrected chi connectivity index (χ1v) is 8.35. The Balaban J connectivity index is 1.87. The van der Waals surface area contributed by atoms with Crippen LogP contribution in [0.15, 0.2) is 52.3 Å². The van der Waals surface area contributed by atoms with E-state index in [4.69, 9.17) is 0 Å². The van der Waals surface area contributed by atoms with Crippen molar-refractivity contribution >= 4 is 17.4 Å². The van der Waals surface area contributed by atoms with Crippen LogP contribution in [0.5, 0.6) is 0 Å². The van der Waals surface area contributed by atoms with Gasteiger partial charge in [0.15, 0.2) is 0 Å². The lowest BCUT2D eigenvalue weighted by molar-refractivity contribution is 0.587. The number of hydrogen-bond donors (Lipinski definition) is 1. The van der Waals surface area contributed by atoms with Crippen LogP contribution in [0.1, 0.15) is 11.1 Å². The van der Waals surface area contributed by atoms with Crippen molar-refractivity contribution in [3.63, 3.8) is 0 Å². The standard InChI is InChI=1S/C18H22N2S/c1-14-11-15(2)13-16(12-14)21-18-6-4-3-5-17(18)20-9-7-19-8-10-20/h3-6,11-13,19H,7-10H2,1-2H3. The second-order valence-corrected chi connectivity index (χ2v) is 6.75. The fraction of sp³-hybridized carbons (Fsp3) is 0.333. The number of hydrogen-bond acceptors (Lipinski definition) is 3. The topological polar surface area (TPSA) is 15.3 Å². The van der Waals surface area contributed by atoms with Gasteiger partial charge in [0.25, 0.3) is 0 Å². The molecule has 110 valence electrons. The van der Waals surface area contributed by atoms with Gasteiger partial charge in [0, 0.05) is 36.0 Å². The third kappa shape index (κ3) is 3.60. The minimum atomic E-state index is 1.07. The first kappa shape index (κ1) is 14.5. The molecule has 1 heterocycles. The van der Waals surface area contributed by atoms with E-state index in [9.17, 15) is 0 Å². The van der Waals surface area contributed by atoms with E-state index < -0.39 is 0 Å². The highest BCUT2D eigenvalue weighted by molar-refractivity contribution is 7.99. The zero-order chi connectivity index (χ0) is 14.7. The lowest BCUT2D eigenvalue weighted by Crippen LogP contribution is -2.43. The molecule has 0 bridgehead atoms. The van der Waals surface area contributed by atoms with E-state index in [2.05, 4.69) is 66.5 Å². The summed E-state index contributed by atoms with van der Waals surface area (Å²) in [6.45, 7) is 8.65. The van der Waals surface area contributed by atoms with E-state index >= 15 is 0 Å². The zero-order valence-corrected chi connectivity index (χ0v) is 13.5. The second kappa shape index (κ2) is 6.54. The monoisotopic (exact) mass is 298 g/mol. The molecule has 2 aromatic carbocycles. The Hall–Kier alpha value is -1.45. The molecule has 2 nitrogen and oxygen atoms in total. The molecule has 0 radical (unpaired) electrons. The maximum absolute atomic E-state index is 3.42. The van der Waals surface area contributed by atoms with E-state index in [-0.39, 0.29) is 0 Å². The van der Waals surface area contributed by atoms with Crippen molar-refractivity contribution in [2.24, 2.45) is 0 Å². The van der Waals surface area contributed by atoms with Crippen LogP contribution in [-0.4, -0.2) is 26.2 Å². The molecule has 1 aliphatic rings. The molecule has 0 spiro atoms. The number of nitrogens with zero attached hydrogens (tertiary/aromatic N) is 1. The number of rotatable bonds is 3. The van der Waals surface area contributed by atoms with Crippen LogP contribution in [0.2, 0.25) is 0 Å². The van der Waals surface area contributed by atoms with Crippen molar-refractivity contribution in [3.8, 4) is 0 Å². The Morgan fingerprint density at radius 2 is 1.62 bits per heavy atom. The highest BCUT2D eigenvalue weighted by atomic mass is 32.2. The number of benzene rings is 2. The molecule has 0 amide bonds. The molecule has 21 heavy (non-hydrogen) atoms. The van der Waals surface area contributed by atoms with Crippen LogP contribution >= 0.6 is 11.8 Å². The second-order valence-electron chi connectivity index (χ2n) is 5.63. The number of aryl methyl sites for hydroxylation is 2. The van der Waals surface area contributed by atoms with E-state index in [0.29, 0.717) is 0 Å². The van der Waals surface area contributed by atoms with Gasteiger partial charge in [-0.25, -0.2) is 0 Å². The van der Waals surface area contributed by atoms with Crippen LogP contribution in [0.25, 0.3) is 0 Å².